The van der Waals surface area contributed by atoms with Crippen molar-refractivity contribution in [3.8, 4) is 0 Å². The van der Waals surface area contributed by atoms with Gasteiger partial charge in [-0.1, -0.05) is 30.0 Å². The number of benzene rings is 1. The summed E-state index contributed by atoms with van der Waals surface area (Å²) >= 11 is 3.13. The lowest BCUT2D eigenvalue weighted by Crippen LogP contribution is -2.05. The molecule has 1 aromatic heterocycles. The van der Waals surface area contributed by atoms with E-state index in [4.69, 9.17) is 0 Å². The van der Waals surface area contributed by atoms with E-state index in [1.807, 2.05) is 14.0 Å². The van der Waals surface area contributed by atoms with Gasteiger partial charge in [-0.05, 0) is 37.1 Å². The first-order valence-corrected chi connectivity index (χ1v) is 6.59. The highest BCUT2D eigenvalue weighted by Gasteiger charge is 2.06. The van der Waals surface area contributed by atoms with Gasteiger partial charge in [0, 0.05) is 11.4 Å². The van der Waals surface area contributed by atoms with Crippen LogP contribution in [0.1, 0.15) is 11.4 Å². The van der Waals surface area contributed by atoms with Crippen LogP contribution in [0.15, 0.2) is 33.5 Å². The highest BCUT2D eigenvalue weighted by atomic mass is 32.2. The lowest BCUT2D eigenvalue weighted by atomic mass is 10.2. The SMILES string of the molecule is CNCc1ccccc1Sc1nc(C)ns1. The number of aromatic nitrogens is 2. The van der Waals surface area contributed by atoms with Crippen LogP contribution < -0.4 is 5.32 Å². The Hall–Kier alpha value is -0.910. The van der Waals surface area contributed by atoms with E-state index in [2.05, 4.69) is 38.9 Å². The third kappa shape index (κ3) is 2.81. The molecule has 3 nitrogen and oxygen atoms in total. The van der Waals surface area contributed by atoms with Gasteiger partial charge >= 0.3 is 0 Å². The number of nitrogens with zero attached hydrogens (tertiary/aromatic N) is 2. The molecule has 2 aromatic rings. The smallest absolute Gasteiger partial charge is 0.174 e. The molecule has 1 heterocycles. The lowest BCUT2D eigenvalue weighted by molar-refractivity contribution is 0.803. The van der Waals surface area contributed by atoms with E-state index in [1.165, 1.54) is 22.0 Å². The molecule has 1 N–H and O–H groups in total. The molecule has 0 amide bonds. The highest BCUT2D eigenvalue weighted by Crippen LogP contribution is 2.31. The fraction of sp³-hybridized carbons (Fsp3) is 0.273. The van der Waals surface area contributed by atoms with Crippen molar-refractivity contribution >= 4 is 23.3 Å². The van der Waals surface area contributed by atoms with Crippen LogP contribution in [0.2, 0.25) is 0 Å². The zero-order valence-electron chi connectivity index (χ0n) is 9.23. The fourth-order valence-electron chi connectivity index (χ4n) is 1.35. The Balaban J connectivity index is 2.20. The van der Waals surface area contributed by atoms with Gasteiger partial charge in [-0.2, -0.15) is 4.37 Å². The second kappa shape index (κ2) is 5.43. The standard InChI is InChI=1S/C11H13N3S2/c1-8-13-11(16-14-8)15-10-6-4-3-5-9(10)7-12-2/h3-6,12H,7H2,1-2H3. The van der Waals surface area contributed by atoms with Crippen molar-refractivity contribution in [3.05, 3.63) is 35.7 Å². The molecule has 1 aromatic carbocycles. The van der Waals surface area contributed by atoms with Crippen LogP contribution in [0.25, 0.3) is 0 Å². The Labute approximate surface area is 103 Å². The van der Waals surface area contributed by atoms with Gasteiger partial charge in [0.2, 0.25) is 0 Å². The van der Waals surface area contributed by atoms with Crippen molar-refractivity contribution in [1.29, 1.82) is 0 Å². The third-order valence-electron chi connectivity index (χ3n) is 2.05. The maximum absolute atomic E-state index is 4.36. The molecule has 16 heavy (non-hydrogen) atoms. The summed E-state index contributed by atoms with van der Waals surface area (Å²) in [5.41, 5.74) is 1.29. The topological polar surface area (TPSA) is 37.8 Å². The van der Waals surface area contributed by atoms with Gasteiger partial charge in [0.15, 0.2) is 4.34 Å². The molecule has 0 fully saturated rings. The van der Waals surface area contributed by atoms with E-state index in [0.29, 0.717) is 0 Å². The first kappa shape index (κ1) is 11.6. The molecule has 0 aliphatic rings. The van der Waals surface area contributed by atoms with Gasteiger partial charge < -0.3 is 5.32 Å². The van der Waals surface area contributed by atoms with Gasteiger partial charge in [0.05, 0.1) is 0 Å². The van der Waals surface area contributed by atoms with Gasteiger partial charge in [-0.15, -0.1) is 0 Å². The van der Waals surface area contributed by atoms with Crippen LogP contribution in [0.5, 0.6) is 0 Å². The summed E-state index contributed by atoms with van der Waals surface area (Å²) in [6.07, 6.45) is 0. The molecule has 0 bridgehead atoms. The lowest BCUT2D eigenvalue weighted by Gasteiger charge is -2.05. The number of aryl methyl sites for hydroxylation is 1. The molecule has 0 atom stereocenters. The van der Waals surface area contributed by atoms with Crippen molar-refractivity contribution in [2.75, 3.05) is 7.05 Å². The van der Waals surface area contributed by atoms with Crippen LogP contribution in [0.4, 0.5) is 0 Å². The summed E-state index contributed by atoms with van der Waals surface area (Å²) in [5.74, 6) is 0.846. The molecule has 0 saturated carbocycles. The van der Waals surface area contributed by atoms with Gasteiger partial charge in [0.1, 0.15) is 5.82 Å². The second-order valence-electron chi connectivity index (χ2n) is 3.35. The zero-order chi connectivity index (χ0) is 11.4. The van der Waals surface area contributed by atoms with Crippen LogP contribution in [-0.2, 0) is 6.54 Å². The van der Waals surface area contributed by atoms with E-state index in [9.17, 15) is 0 Å². The molecule has 0 saturated heterocycles. The van der Waals surface area contributed by atoms with Gasteiger partial charge in [-0.3, -0.25) is 0 Å². The average Bonchev–Trinajstić information content (AvgIpc) is 2.67. The predicted octanol–water partition coefficient (Wildman–Crippen LogP) is 2.72. The Kier molecular flexibility index (Phi) is 3.93. The Bertz CT molecular complexity index is 468. The zero-order valence-corrected chi connectivity index (χ0v) is 10.9. The van der Waals surface area contributed by atoms with Crippen LogP contribution in [0.3, 0.4) is 0 Å². The molecule has 0 aliphatic heterocycles. The molecule has 2 rings (SSSR count). The molecule has 0 unspecified atom stereocenters. The number of hydrogen-bond acceptors (Lipinski definition) is 5. The van der Waals surface area contributed by atoms with Gasteiger partial charge in [0.25, 0.3) is 0 Å². The quantitative estimate of drug-likeness (QED) is 0.906. The van der Waals surface area contributed by atoms with Crippen molar-refractivity contribution < 1.29 is 0 Å². The van der Waals surface area contributed by atoms with E-state index < -0.39 is 0 Å². The van der Waals surface area contributed by atoms with E-state index in [-0.39, 0.29) is 0 Å². The summed E-state index contributed by atoms with van der Waals surface area (Å²) in [4.78, 5) is 5.60. The Morgan fingerprint density at radius 3 is 2.88 bits per heavy atom. The summed E-state index contributed by atoms with van der Waals surface area (Å²) in [5, 5.41) is 3.17. The Morgan fingerprint density at radius 1 is 1.38 bits per heavy atom. The molecule has 0 spiro atoms. The van der Waals surface area contributed by atoms with Crippen molar-refractivity contribution in [1.82, 2.24) is 14.7 Å². The van der Waals surface area contributed by atoms with Crippen molar-refractivity contribution in [3.63, 3.8) is 0 Å². The minimum atomic E-state index is 0.846. The monoisotopic (exact) mass is 251 g/mol. The molecular formula is C11H13N3S2. The third-order valence-corrected chi connectivity index (χ3v) is 4.01. The predicted molar refractivity (Wildman–Crippen MR) is 68.0 cm³/mol. The second-order valence-corrected chi connectivity index (χ2v) is 5.39. The summed E-state index contributed by atoms with van der Waals surface area (Å²) in [6, 6.07) is 8.36. The van der Waals surface area contributed by atoms with Crippen molar-refractivity contribution in [2.45, 2.75) is 22.7 Å². The Morgan fingerprint density at radius 2 is 2.19 bits per heavy atom. The normalized spacial score (nSPS) is 10.6. The first-order chi connectivity index (χ1) is 7.79. The summed E-state index contributed by atoms with van der Waals surface area (Å²) in [6.45, 7) is 2.79. The minimum absolute atomic E-state index is 0.846. The maximum Gasteiger partial charge on any atom is 0.174 e. The van der Waals surface area contributed by atoms with Crippen LogP contribution in [-0.4, -0.2) is 16.4 Å². The number of nitrogens with one attached hydrogen (secondary N) is 1. The number of hydrogen-bond donors (Lipinski definition) is 1. The van der Waals surface area contributed by atoms with Crippen LogP contribution >= 0.6 is 23.3 Å². The molecule has 0 radical (unpaired) electrons. The molecule has 5 heteroatoms. The summed E-state index contributed by atoms with van der Waals surface area (Å²) in [7, 11) is 1.95. The molecule has 84 valence electrons. The first-order valence-electron chi connectivity index (χ1n) is 5.00. The average molecular weight is 251 g/mol. The maximum atomic E-state index is 4.36. The van der Waals surface area contributed by atoms with Crippen LogP contribution in [0, 0.1) is 6.92 Å². The van der Waals surface area contributed by atoms with E-state index in [1.54, 1.807) is 11.8 Å². The molecular weight excluding hydrogens is 238 g/mol. The minimum Gasteiger partial charge on any atom is -0.316 e. The number of rotatable bonds is 4. The fourth-order valence-corrected chi connectivity index (χ4v) is 3.09. The highest BCUT2D eigenvalue weighted by molar-refractivity contribution is 8.01. The van der Waals surface area contributed by atoms with E-state index >= 15 is 0 Å². The van der Waals surface area contributed by atoms with Gasteiger partial charge in [-0.25, -0.2) is 4.98 Å². The van der Waals surface area contributed by atoms with Crippen molar-refractivity contribution in [2.24, 2.45) is 0 Å². The summed E-state index contributed by atoms with van der Waals surface area (Å²) < 4.78 is 5.18. The van der Waals surface area contributed by atoms with E-state index in [0.717, 1.165) is 16.7 Å². The largest absolute Gasteiger partial charge is 0.316 e. The molecule has 0 aliphatic carbocycles.